The first-order valence-electron chi connectivity index (χ1n) is 6.41. The second-order valence-corrected chi connectivity index (χ2v) is 5.30. The number of hydrogen-bond acceptors (Lipinski definition) is 4. The quantitative estimate of drug-likeness (QED) is 0.715. The molecule has 2 aliphatic heterocycles. The zero-order chi connectivity index (χ0) is 13.3. The van der Waals surface area contributed by atoms with Crippen LogP contribution in [0.25, 0.3) is 0 Å². The van der Waals surface area contributed by atoms with E-state index in [1.54, 1.807) is 4.90 Å². The van der Waals surface area contributed by atoms with Gasteiger partial charge in [0, 0.05) is 26.2 Å². The molecule has 0 aliphatic carbocycles. The van der Waals surface area contributed by atoms with Crippen LogP contribution in [0.3, 0.4) is 0 Å². The number of methoxy groups -OCH3 is 1. The minimum atomic E-state index is -0.398. The van der Waals surface area contributed by atoms with Gasteiger partial charge < -0.3 is 19.9 Å². The highest BCUT2D eigenvalue weighted by Crippen LogP contribution is 2.22. The molecule has 1 N–H and O–H groups in total. The normalized spacial score (nSPS) is 27.7. The van der Waals surface area contributed by atoms with Crippen molar-refractivity contribution in [1.29, 1.82) is 0 Å². The lowest BCUT2D eigenvalue weighted by atomic mass is 10.1. The van der Waals surface area contributed by atoms with Crippen molar-refractivity contribution in [2.45, 2.75) is 25.9 Å². The highest BCUT2D eigenvalue weighted by molar-refractivity contribution is 5.82. The summed E-state index contributed by atoms with van der Waals surface area (Å²) in [7, 11) is 1.38. The third-order valence-electron chi connectivity index (χ3n) is 3.47. The minimum Gasteiger partial charge on any atom is -0.468 e. The van der Waals surface area contributed by atoms with Crippen LogP contribution in [0.2, 0.25) is 0 Å². The van der Waals surface area contributed by atoms with Gasteiger partial charge in [-0.2, -0.15) is 0 Å². The van der Waals surface area contributed by atoms with E-state index in [0.717, 1.165) is 6.54 Å². The maximum absolute atomic E-state index is 12.2. The Morgan fingerprint density at radius 1 is 1.56 bits per heavy atom. The molecule has 2 fully saturated rings. The first-order valence-corrected chi connectivity index (χ1v) is 6.41. The monoisotopic (exact) mass is 255 g/mol. The molecule has 0 radical (unpaired) electrons. The van der Waals surface area contributed by atoms with Crippen molar-refractivity contribution in [1.82, 2.24) is 15.1 Å². The molecule has 2 amide bonds. The summed E-state index contributed by atoms with van der Waals surface area (Å²) in [6.45, 7) is 6.80. The number of carbonyl (C=O) groups excluding carboxylic acids is 2. The topological polar surface area (TPSA) is 61.9 Å². The first-order chi connectivity index (χ1) is 8.54. The van der Waals surface area contributed by atoms with Crippen LogP contribution in [0.5, 0.6) is 0 Å². The lowest BCUT2D eigenvalue weighted by Crippen LogP contribution is -2.60. The van der Waals surface area contributed by atoms with Crippen molar-refractivity contribution in [3.63, 3.8) is 0 Å². The second kappa shape index (κ2) is 5.14. The highest BCUT2D eigenvalue weighted by atomic mass is 16.5. The molecule has 0 aromatic rings. The number of hydrogen-bond donors (Lipinski definition) is 1. The molecule has 0 aromatic heterocycles. The Balaban J connectivity index is 2.10. The van der Waals surface area contributed by atoms with E-state index >= 15 is 0 Å². The molecule has 2 atom stereocenters. The van der Waals surface area contributed by atoms with Crippen molar-refractivity contribution in [2.75, 3.05) is 33.3 Å². The van der Waals surface area contributed by atoms with Crippen molar-refractivity contribution in [3.8, 4) is 0 Å². The highest BCUT2D eigenvalue weighted by Gasteiger charge is 2.46. The molecule has 2 heterocycles. The summed E-state index contributed by atoms with van der Waals surface area (Å²) in [5.41, 5.74) is 0. The van der Waals surface area contributed by atoms with E-state index in [1.807, 2.05) is 4.90 Å². The summed E-state index contributed by atoms with van der Waals surface area (Å²) in [4.78, 5) is 27.5. The second-order valence-electron chi connectivity index (χ2n) is 5.30. The van der Waals surface area contributed by atoms with Crippen molar-refractivity contribution in [2.24, 2.45) is 5.92 Å². The van der Waals surface area contributed by atoms with Gasteiger partial charge in [-0.3, -0.25) is 4.79 Å². The lowest BCUT2D eigenvalue weighted by molar-refractivity contribution is -0.145. The molecule has 2 aliphatic rings. The Kier molecular flexibility index (Phi) is 3.75. The number of rotatable bonds is 3. The van der Waals surface area contributed by atoms with E-state index in [-0.39, 0.29) is 18.0 Å². The maximum atomic E-state index is 12.2. The minimum absolute atomic E-state index is 0.0455. The van der Waals surface area contributed by atoms with Crippen LogP contribution in [0, 0.1) is 5.92 Å². The molecular weight excluding hydrogens is 234 g/mol. The van der Waals surface area contributed by atoms with Crippen LogP contribution < -0.4 is 5.32 Å². The van der Waals surface area contributed by atoms with Gasteiger partial charge in [-0.15, -0.1) is 0 Å². The summed E-state index contributed by atoms with van der Waals surface area (Å²) in [5.74, 6) is 0.142. The van der Waals surface area contributed by atoms with E-state index in [2.05, 4.69) is 19.2 Å². The molecule has 0 unspecified atom stereocenters. The van der Waals surface area contributed by atoms with Crippen molar-refractivity contribution < 1.29 is 14.3 Å². The average Bonchev–Trinajstić information content (AvgIpc) is 2.65. The Bertz CT molecular complexity index is 345. The molecule has 18 heavy (non-hydrogen) atoms. The van der Waals surface area contributed by atoms with Crippen LogP contribution in [0.15, 0.2) is 0 Å². The molecule has 2 rings (SSSR count). The number of nitrogens with one attached hydrogen (secondary N) is 1. The van der Waals surface area contributed by atoms with Crippen LogP contribution >= 0.6 is 0 Å². The number of ether oxygens (including phenoxy) is 1. The molecule has 0 spiro atoms. The predicted molar refractivity (Wildman–Crippen MR) is 66.1 cm³/mol. The van der Waals surface area contributed by atoms with Gasteiger partial charge >= 0.3 is 12.0 Å². The third-order valence-corrected chi connectivity index (χ3v) is 3.47. The number of amides is 2. The summed E-state index contributed by atoms with van der Waals surface area (Å²) in [6.07, 6.45) is 0. The Morgan fingerprint density at radius 3 is 2.89 bits per heavy atom. The van der Waals surface area contributed by atoms with Gasteiger partial charge in [0.1, 0.15) is 6.04 Å². The van der Waals surface area contributed by atoms with Crippen molar-refractivity contribution >= 4 is 12.0 Å². The third kappa shape index (κ3) is 2.29. The van der Waals surface area contributed by atoms with E-state index < -0.39 is 6.04 Å². The van der Waals surface area contributed by atoms with E-state index in [4.69, 9.17) is 4.74 Å². The average molecular weight is 255 g/mol. The fourth-order valence-electron chi connectivity index (χ4n) is 2.71. The molecule has 0 saturated carbocycles. The molecule has 6 heteroatoms. The molecule has 102 valence electrons. The number of piperazine rings is 1. The van der Waals surface area contributed by atoms with Crippen LogP contribution in [0.4, 0.5) is 4.79 Å². The summed E-state index contributed by atoms with van der Waals surface area (Å²) in [5, 5.41) is 3.14. The van der Waals surface area contributed by atoms with Gasteiger partial charge in [0.15, 0.2) is 0 Å². The summed E-state index contributed by atoms with van der Waals surface area (Å²) < 4.78 is 4.79. The molecular formula is C12H21N3O3. The summed E-state index contributed by atoms with van der Waals surface area (Å²) in [6, 6.07) is -0.452. The van der Waals surface area contributed by atoms with Gasteiger partial charge in [-0.1, -0.05) is 13.8 Å². The van der Waals surface area contributed by atoms with E-state index in [1.165, 1.54) is 7.11 Å². The van der Waals surface area contributed by atoms with Crippen LogP contribution in [-0.4, -0.2) is 67.2 Å². The first kappa shape index (κ1) is 13.1. The predicted octanol–water partition coefficient (Wildman–Crippen LogP) is -0.107. The SMILES string of the molecule is COC(=O)[C@H]1NCCN2C(=O)N(CC(C)C)C[C@@H]12. The fraction of sp³-hybridized carbons (Fsp3) is 0.833. The van der Waals surface area contributed by atoms with Gasteiger partial charge in [-0.25, -0.2) is 4.79 Å². The number of esters is 1. The zero-order valence-corrected chi connectivity index (χ0v) is 11.2. The van der Waals surface area contributed by atoms with Crippen LogP contribution in [-0.2, 0) is 9.53 Å². The Morgan fingerprint density at radius 2 is 2.28 bits per heavy atom. The van der Waals surface area contributed by atoms with Gasteiger partial charge in [-0.05, 0) is 5.92 Å². The largest absolute Gasteiger partial charge is 0.468 e. The Labute approximate surface area is 107 Å². The number of fused-ring (bicyclic) bond motifs is 1. The van der Waals surface area contributed by atoms with Gasteiger partial charge in [0.05, 0.1) is 13.2 Å². The maximum Gasteiger partial charge on any atom is 0.325 e. The number of urea groups is 1. The van der Waals surface area contributed by atoms with E-state index in [9.17, 15) is 9.59 Å². The van der Waals surface area contributed by atoms with Crippen molar-refractivity contribution in [3.05, 3.63) is 0 Å². The molecule has 2 saturated heterocycles. The van der Waals surface area contributed by atoms with Gasteiger partial charge in [0.25, 0.3) is 0 Å². The molecule has 0 aromatic carbocycles. The smallest absolute Gasteiger partial charge is 0.325 e. The number of nitrogens with zero attached hydrogens (tertiary/aromatic N) is 2. The lowest BCUT2D eigenvalue weighted by Gasteiger charge is -2.34. The van der Waals surface area contributed by atoms with Crippen LogP contribution in [0.1, 0.15) is 13.8 Å². The van der Waals surface area contributed by atoms with E-state index in [0.29, 0.717) is 25.6 Å². The Hall–Kier alpha value is -1.30. The standard InChI is InChI=1S/C12H21N3O3/c1-8(2)6-14-7-9-10(11(16)18-3)13-4-5-15(9)12(14)17/h8-10,13H,4-7H2,1-3H3/t9-,10-/m0/s1. The summed E-state index contributed by atoms with van der Waals surface area (Å²) >= 11 is 0. The zero-order valence-electron chi connectivity index (χ0n) is 11.2. The molecule has 0 bridgehead atoms. The molecule has 6 nitrogen and oxygen atoms in total. The van der Waals surface area contributed by atoms with Gasteiger partial charge in [0.2, 0.25) is 0 Å². The fourth-order valence-corrected chi connectivity index (χ4v) is 2.71. The number of carbonyl (C=O) groups is 2.